The maximum Gasteiger partial charge on any atom is 0.161 e. The molecule has 2 nitrogen and oxygen atoms in total. The van der Waals surface area contributed by atoms with E-state index in [0.29, 0.717) is 21.3 Å². The molecule has 0 atom stereocenters. The Morgan fingerprint density at radius 1 is 1.20 bits per heavy atom. The third kappa shape index (κ3) is 3.41. The van der Waals surface area contributed by atoms with Gasteiger partial charge in [-0.15, -0.1) is 0 Å². The topological polar surface area (TPSA) is 38.0 Å². The maximum absolute atomic E-state index is 14.2. The molecule has 0 bridgehead atoms. The smallest absolute Gasteiger partial charge is 0.161 e. The van der Waals surface area contributed by atoms with Crippen LogP contribution in [0.5, 0.6) is 0 Å². The Morgan fingerprint density at radius 3 is 2.35 bits per heavy atom. The Bertz CT molecular complexity index is 674. The minimum atomic E-state index is -0.494. The van der Waals surface area contributed by atoms with Crippen LogP contribution in [0.2, 0.25) is 10.0 Å². The van der Waals surface area contributed by atoms with Gasteiger partial charge in [-0.2, -0.15) is 0 Å². The number of anilines is 2. The summed E-state index contributed by atoms with van der Waals surface area (Å²) in [6.45, 7) is 0. The first kappa shape index (κ1) is 15.5. The fourth-order valence-electron chi connectivity index (χ4n) is 1.62. The van der Waals surface area contributed by atoms with Gasteiger partial charge in [0.05, 0.1) is 10.2 Å². The van der Waals surface area contributed by atoms with Crippen molar-refractivity contribution in [3.05, 3.63) is 56.2 Å². The summed E-state index contributed by atoms with van der Waals surface area (Å²) >= 11 is 19.8. The third-order valence-corrected chi connectivity index (χ3v) is 3.92. The molecule has 0 aliphatic carbocycles. The van der Waals surface area contributed by atoms with Crippen LogP contribution in [0.15, 0.2) is 34.8 Å². The molecule has 0 fully saturated rings. The summed E-state index contributed by atoms with van der Waals surface area (Å²) in [4.78, 5) is 0.119. The quantitative estimate of drug-likeness (QED) is 0.697. The summed E-state index contributed by atoms with van der Waals surface area (Å²) in [5.74, 6) is -0.494. The maximum atomic E-state index is 14.2. The zero-order valence-electron chi connectivity index (χ0n) is 9.88. The van der Waals surface area contributed by atoms with Crippen molar-refractivity contribution < 1.29 is 4.39 Å². The van der Waals surface area contributed by atoms with Crippen LogP contribution >= 0.6 is 51.3 Å². The zero-order valence-corrected chi connectivity index (χ0v) is 13.8. The van der Waals surface area contributed by atoms with Crippen LogP contribution in [0.3, 0.4) is 0 Å². The molecular weight excluding hydrogens is 386 g/mol. The van der Waals surface area contributed by atoms with E-state index in [-0.39, 0.29) is 15.1 Å². The van der Waals surface area contributed by atoms with Gasteiger partial charge in [-0.3, -0.25) is 0 Å². The molecule has 0 saturated heterocycles. The van der Waals surface area contributed by atoms with Crippen LogP contribution in [0.25, 0.3) is 0 Å². The van der Waals surface area contributed by atoms with Crippen molar-refractivity contribution in [2.45, 2.75) is 0 Å². The Morgan fingerprint density at radius 2 is 1.80 bits per heavy atom. The first-order valence-corrected chi connectivity index (χ1v) is 7.35. The van der Waals surface area contributed by atoms with E-state index < -0.39 is 5.82 Å². The van der Waals surface area contributed by atoms with Crippen LogP contribution in [-0.4, -0.2) is 4.99 Å². The number of thiocarbonyl (C=S) groups is 1. The van der Waals surface area contributed by atoms with Gasteiger partial charge in [0, 0.05) is 21.3 Å². The van der Waals surface area contributed by atoms with Crippen molar-refractivity contribution in [3.63, 3.8) is 0 Å². The monoisotopic (exact) mass is 392 g/mol. The number of hydrogen-bond acceptors (Lipinski definition) is 2. The van der Waals surface area contributed by atoms with Crippen LogP contribution in [0.1, 0.15) is 5.56 Å². The fraction of sp³-hybridized carbons (Fsp3) is 0. The van der Waals surface area contributed by atoms with E-state index in [0.717, 1.165) is 0 Å². The predicted molar refractivity (Wildman–Crippen MR) is 89.7 cm³/mol. The van der Waals surface area contributed by atoms with Gasteiger partial charge in [0.15, 0.2) is 5.82 Å². The molecule has 2 rings (SSSR count). The third-order valence-electron chi connectivity index (χ3n) is 2.49. The van der Waals surface area contributed by atoms with E-state index in [9.17, 15) is 4.39 Å². The first-order valence-electron chi connectivity index (χ1n) is 5.39. The number of benzene rings is 2. The molecule has 0 aromatic heterocycles. The van der Waals surface area contributed by atoms with Crippen molar-refractivity contribution in [2.75, 3.05) is 5.32 Å². The minimum Gasteiger partial charge on any atom is -0.389 e. The summed E-state index contributed by atoms with van der Waals surface area (Å²) in [5.41, 5.74) is 6.78. The van der Waals surface area contributed by atoms with E-state index in [1.807, 2.05) is 0 Å². The lowest BCUT2D eigenvalue weighted by Crippen LogP contribution is -2.11. The SMILES string of the molecule is NC(=S)c1ccc(Nc2cc(Cl)cc(Cl)c2)c(F)c1Br. The van der Waals surface area contributed by atoms with Crippen molar-refractivity contribution >= 4 is 67.7 Å². The molecule has 2 aromatic rings. The van der Waals surface area contributed by atoms with Crippen molar-refractivity contribution in [1.29, 1.82) is 0 Å². The van der Waals surface area contributed by atoms with Gasteiger partial charge < -0.3 is 11.1 Å². The summed E-state index contributed by atoms with van der Waals surface area (Å²) in [7, 11) is 0. The van der Waals surface area contributed by atoms with Crippen LogP contribution in [0.4, 0.5) is 15.8 Å². The lowest BCUT2D eigenvalue weighted by molar-refractivity contribution is 0.625. The zero-order chi connectivity index (χ0) is 14.9. The molecule has 0 radical (unpaired) electrons. The molecule has 0 aliphatic heterocycles. The molecule has 0 heterocycles. The highest BCUT2D eigenvalue weighted by atomic mass is 79.9. The Labute approximate surface area is 139 Å². The lowest BCUT2D eigenvalue weighted by atomic mass is 10.2. The number of halogens is 4. The molecule has 0 saturated carbocycles. The lowest BCUT2D eigenvalue weighted by Gasteiger charge is -2.11. The van der Waals surface area contributed by atoms with Gasteiger partial charge in [0.25, 0.3) is 0 Å². The van der Waals surface area contributed by atoms with Crippen LogP contribution in [-0.2, 0) is 0 Å². The molecule has 0 amide bonds. The van der Waals surface area contributed by atoms with E-state index >= 15 is 0 Å². The van der Waals surface area contributed by atoms with Crippen molar-refractivity contribution in [1.82, 2.24) is 0 Å². The molecule has 20 heavy (non-hydrogen) atoms. The number of hydrogen-bond donors (Lipinski definition) is 2. The molecule has 0 aliphatic rings. The Kier molecular flexibility index (Phi) is 4.86. The Balaban J connectivity index is 2.39. The average Bonchev–Trinajstić information content (AvgIpc) is 2.33. The molecule has 7 heteroatoms. The molecule has 0 spiro atoms. The van der Waals surface area contributed by atoms with Gasteiger partial charge >= 0.3 is 0 Å². The summed E-state index contributed by atoms with van der Waals surface area (Å²) < 4.78 is 14.4. The Hall–Kier alpha value is -0.880. The van der Waals surface area contributed by atoms with E-state index in [1.165, 1.54) is 0 Å². The number of rotatable bonds is 3. The normalized spacial score (nSPS) is 10.4. The molecule has 0 unspecified atom stereocenters. The van der Waals surface area contributed by atoms with Crippen LogP contribution in [0, 0.1) is 5.82 Å². The largest absolute Gasteiger partial charge is 0.389 e. The van der Waals surface area contributed by atoms with Crippen molar-refractivity contribution in [3.8, 4) is 0 Å². The molecular formula is C13H8BrCl2FN2S. The van der Waals surface area contributed by atoms with Gasteiger partial charge in [-0.1, -0.05) is 35.4 Å². The van der Waals surface area contributed by atoms with E-state index in [1.54, 1.807) is 30.3 Å². The number of nitrogens with one attached hydrogen (secondary N) is 1. The molecule has 3 N–H and O–H groups in total. The summed E-state index contributed by atoms with van der Waals surface area (Å²) in [6.07, 6.45) is 0. The first-order chi connectivity index (χ1) is 9.38. The minimum absolute atomic E-state index is 0.119. The van der Waals surface area contributed by atoms with Gasteiger partial charge in [0.2, 0.25) is 0 Å². The highest BCUT2D eigenvalue weighted by Crippen LogP contribution is 2.31. The number of nitrogens with two attached hydrogens (primary N) is 1. The van der Waals surface area contributed by atoms with Gasteiger partial charge in [-0.25, -0.2) is 4.39 Å². The predicted octanol–water partition coefficient (Wildman–Crippen LogP) is 5.27. The molecule has 2 aromatic carbocycles. The van der Waals surface area contributed by atoms with E-state index in [2.05, 4.69) is 21.2 Å². The van der Waals surface area contributed by atoms with E-state index in [4.69, 9.17) is 41.2 Å². The second-order valence-corrected chi connectivity index (χ2v) is 6.04. The average molecular weight is 394 g/mol. The summed E-state index contributed by atoms with van der Waals surface area (Å²) in [5, 5.41) is 3.82. The summed E-state index contributed by atoms with van der Waals surface area (Å²) in [6, 6.07) is 8.05. The highest BCUT2D eigenvalue weighted by molar-refractivity contribution is 9.10. The molecule has 104 valence electrons. The highest BCUT2D eigenvalue weighted by Gasteiger charge is 2.13. The van der Waals surface area contributed by atoms with Gasteiger partial charge in [0.1, 0.15) is 4.99 Å². The second kappa shape index (κ2) is 6.26. The van der Waals surface area contributed by atoms with Crippen molar-refractivity contribution in [2.24, 2.45) is 5.73 Å². The second-order valence-electron chi connectivity index (χ2n) is 3.94. The van der Waals surface area contributed by atoms with Crippen LogP contribution < -0.4 is 11.1 Å². The standard InChI is InChI=1S/C13H8BrCl2FN2S/c14-11-9(13(18)20)1-2-10(12(11)17)19-8-4-6(15)3-7(16)5-8/h1-5,19H,(H2,18,20). The fourth-order valence-corrected chi connectivity index (χ4v) is 3.00. The van der Waals surface area contributed by atoms with Gasteiger partial charge in [-0.05, 0) is 46.3 Å².